The molecule has 0 spiro atoms. The molecule has 0 saturated carbocycles. The van der Waals surface area contributed by atoms with Gasteiger partial charge in [-0.25, -0.2) is 9.97 Å². The lowest BCUT2D eigenvalue weighted by Gasteiger charge is -2.25. The smallest absolute Gasteiger partial charge is 0.138 e. The number of anilines is 3. The third-order valence-corrected chi connectivity index (χ3v) is 9.74. The Balaban J connectivity index is 1.16. The van der Waals surface area contributed by atoms with Gasteiger partial charge in [-0.1, -0.05) is 72.8 Å². The summed E-state index contributed by atoms with van der Waals surface area (Å²) in [5.74, 6) is 0.791. The lowest BCUT2D eigenvalue weighted by atomic mass is 10.0. The van der Waals surface area contributed by atoms with Crippen LogP contribution in [0, 0.1) is 0 Å². The van der Waals surface area contributed by atoms with E-state index >= 15 is 0 Å². The summed E-state index contributed by atoms with van der Waals surface area (Å²) >= 11 is 0. The monoisotopic (exact) mass is 642 g/mol. The quantitative estimate of drug-likeness (QED) is 0.175. The molecule has 1 aliphatic carbocycles. The summed E-state index contributed by atoms with van der Waals surface area (Å²) in [6, 6.07) is 46.6. The second kappa shape index (κ2) is 11.5. The van der Waals surface area contributed by atoms with E-state index in [1.807, 2.05) is 24.3 Å². The van der Waals surface area contributed by atoms with Crippen molar-refractivity contribution in [2.45, 2.75) is 12.8 Å². The zero-order valence-corrected chi connectivity index (χ0v) is 27.1. The minimum Gasteiger partial charge on any atom is -0.310 e. The van der Waals surface area contributed by atoms with Crippen molar-refractivity contribution in [3.63, 3.8) is 0 Å². The van der Waals surface area contributed by atoms with Crippen LogP contribution >= 0.6 is 0 Å². The molecule has 0 fully saturated rings. The molecule has 4 aromatic heterocycles. The molecule has 0 radical (unpaired) electrons. The van der Waals surface area contributed by atoms with Gasteiger partial charge in [0.05, 0.1) is 27.8 Å². The van der Waals surface area contributed by atoms with E-state index in [9.17, 15) is 0 Å². The Morgan fingerprint density at radius 2 is 1.20 bits per heavy atom. The number of pyridine rings is 2. The van der Waals surface area contributed by atoms with Crippen LogP contribution in [-0.2, 0) is 6.42 Å². The molecule has 236 valence electrons. The highest BCUT2D eigenvalue weighted by Crippen LogP contribution is 2.39. The topological polar surface area (TPSA) is 59.7 Å². The molecular weight excluding hydrogens is 613 g/mol. The van der Waals surface area contributed by atoms with Crippen molar-refractivity contribution in [1.29, 1.82) is 0 Å². The number of nitrogens with zero attached hydrogens (tertiary/aromatic N) is 6. The molecule has 4 heterocycles. The van der Waals surface area contributed by atoms with Gasteiger partial charge in [-0.15, -0.1) is 0 Å². The summed E-state index contributed by atoms with van der Waals surface area (Å²) in [7, 11) is 0. The van der Waals surface area contributed by atoms with Gasteiger partial charge in [0.15, 0.2) is 0 Å². The number of hydrogen-bond donors (Lipinski definition) is 0. The molecule has 0 amide bonds. The number of rotatable bonds is 5. The number of aryl methyl sites for hydroxylation is 1. The van der Waals surface area contributed by atoms with Crippen LogP contribution in [0.15, 0.2) is 152 Å². The van der Waals surface area contributed by atoms with Crippen molar-refractivity contribution in [1.82, 2.24) is 24.5 Å². The molecule has 0 N–H and O–H groups in total. The van der Waals surface area contributed by atoms with Crippen LogP contribution in [0.2, 0.25) is 0 Å². The first-order chi connectivity index (χ1) is 24.8. The van der Waals surface area contributed by atoms with E-state index in [2.05, 4.69) is 131 Å². The minimum atomic E-state index is 0.790. The van der Waals surface area contributed by atoms with E-state index in [0.29, 0.717) is 0 Å². The SMILES string of the molecule is C1=Cc2c(c3ccccc3n2-c2ccc(N(c3ccccc3)c3ccc4c5nccnc5c5ccc(-c6ccccc6)nc5c4n3)cc2)CC1. The number of fused-ring (bicyclic) bond motifs is 9. The van der Waals surface area contributed by atoms with E-state index in [1.54, 1.807) is 12.4 Å². The Hall–Kier alpha value is -6.66. The molecule has 10 rings (SSSR count). The van der Waals surface area contributed by atoms with Gasteiger partial charge in [-0.05, 0) is 91.2 Å². The van der Waals surface area contributed by atoms with Gasteiger partial charge in [-0.2, -0.15) is 0 Å². The maximum Gasteiger partial charge on any atom is 0.138 e. The Labute approximate surface area is 288 Å². The van der Waals surface area contributed by atoms with Crippen LogP contribution in [-0.4, -0.2) is 24.5 Å². The molecule has 0 atom stereocenters. The Morgan fingerprint density at radius 3 is 1.98 bits per heavy atom. The van der Waals surface area contributed by atoms with Crippen LogP contribution in [0.5, 0.6) is 0 Å². The Kier molecular flexibility index (Phi) is 6.52. The zero-order chi connectivity index (χ0) is 33.0. The summed E-state index contributed by atoms with van der Waals surface area (Å²) in [4.78, 5) is 22.3. The third kappa shape index (κ3) is 4.49. The van der Waals surface area contributed by atoms with Gasteiger partial charge < -0.3 is 4.57 Å². The minimum absolute atomic E-state index is 0.790. The molecule has 0 saturated heterocycles. The molecule has 6 heteroatoms. The predicted molar refractivity (Wildman–Crippen MR) is 204 cm³/mol. The number of aromatic nitrogens is 5. The second-order valence-corrected chi connectivity index (χ2v) is 12.6. The summed E-state index contributed by atoms with van der Waals surface area (Å²) in [6.07, 6.45) is 10.2. The van der Waals surface area contributed by atoms with Crippen LogP contribution in [0.3, 0.4) is 0 Å². The molecule has 1 aliphatic rings. The first kappa shape index (κ1) is 28.4. The predicted octanol–water partition coefficient (Wildman–Crippen LogP) is 10.8. The molecule has 0 unspecified atom stereocenters. The standard InChI is InChI=1S/C44H30N6/c1-3-11-29(12-4-1)37-25-23-35-41-42(46-28-27-45-41)36-24-26-40(48-44(36)43(35)47-37)49(30-13-5-2-6-14-30)31-19-21-32(22-20-31)50-38-17-9-7-15-33(38)34-16-8-10-18-39(34)50/h1-7,9-15,17-28H,8,16H2. The van der Waals surface area contributed by atoms with Crippen molar-refractivity contribution in [3.8, 4) is 16.9 Å². The molecule has 5 aromatic carbocycles. The van der Waals surface area contributed by atoms with E-state index < -0.39 is 0 Å². The van der Waals surface area contributed by atoms with Crippen LogP contribution in [0.4, 0.5) is 17.2 Å². The fraction of sp³-hybridized carbons (Fsp3) is 0.0455. The summed E-state index contributed by atoms with van der Waals surface area (Å²) in [6.45, 7) is 0. The third-order valence-electron chi connectivity index (χ3n) is 9.74. The average Bonchev–Trinajstić information content (AvgIpc) is 3.53. The fourth-order valence-corrected chi connectivity index (χ4v) is 7.48. The van der Waals surface area contributed by atoms with Crippen molar-refractivity contribution >= 4 is 67.0 Å². The van der Waals surface area contributed by atoms with Crippen LogP contribution in [0.25, 0.3) is 66.8 Å². The van der Waals surface area contributed by atoms with Gasteiger partial charge in [0.1, 0.15) is 11.3 Å². The molecule has 6 nitrogen and oxygen atoms in total. The van der Waals surface area contributed by atoms with Crippen LogP contribution in [0.1, 0.15) is 17.7 Å². The lowest BCUT2D eigenvalue weighted by molar-refractivity contribution is 0.967. The molecular formula is C44H30N6. The van der Waals surface area contributed by atoms with Gasteiger partial charge in [0, 0.05) is 56.9 Å². The second-order valence-electron chi connectivity index (χ2n) is 12.6. The largest absolute Gasteiger partial charge is 0.310 e. The highest BCUT2D eigenvalue weighted by atomic mass is 15.2. The maximum atomic E-state index is 5.39. The fourth-order valence-electron chi connectivity index (χ4n) is 7.48. The normalized spacial score (nSPS) is 12.6. The van der Waals surface area contributed by atoms with Crippen molar-refractivity contribution < 1.29 is 0 Å². The number of hydrogen-bond acceptors (Lipinski definition) is 5. The number of allylic oxidation sites excluding steroid dienone is 1. The average molecular weight is 643 g/mol. The highest BCUT2D eigenvalue weighted by Gasteiger charge is 2.21. The van der Waals surface area contributed by atoms with Crippen molar-refractivity contribution in [2.24, 2.45) is 0 Å². The maximum absolute atomic E-state index is 5.39. The molecule has 9 aromatic rings. The first-order valence-electron chi connectivity index (χ1n) is 17.0. The van der Waals surface area contributed by atoms with Crippen molar-refractivity contribution in [3.05, 3.63) is 163 Å². The molecule has 0 aliphatic heterocycles. The van der Waals surface area contributed by atoms with E-state index in [0.717, 1.165) is 79.8 Å². The van der Waals surface area contributed by atoms with E-state index in [-0.39, 0.29) is 0 Å². The highest BCUT2D eigenvalue weighted by molar-refractivity contribution is 6.21. The molecule has 50 heavy (non-hydrogen) atoms. The van der Waals surface area contributed by atoms with E-state index in [1.165, 1.54) is 22.2 Å². The Morgan fingerprint density at radius 1 is 0.540 bits per heavy atom. The Bertz CT molecular complexity index is 2750. The van der Waals surface area contributed by atoms with Gasteiger partial charge in [0.25, 0.3) is 0 Å². The van der Waals surface area contributed by atoms with Crippen LogP contribution < -0.4 is 4.90 Å². The summed E-state index contributed by atoms with van der Waals surface area (Å²) in [5.41, 5.74) is 12.3. The van der Waals surface area contributed by atoms with Gasteiger partial charge in [0.2, 0.25) is 0 Å². The number of para-hydroxylation sites is 2. The summed E-state index contributed by atoms with van der Waals surface area (Å²) < 4.78 is 2.39. The van der Waals surface area contributed by atoms with Gasteiger partial charge in [-0.3, -0.25) is 14.9 Å². The summed E-state index contributed by atoms with van der Waals surface area (Å²) in [5, 5.41) is 3.18. The number of benzene rings is 5. The zero-order valence-electron chi connectivity index (χ0n) is 27.1. The van der Waals surface area contributed by atoms with Gasteiger partial charge >= 0.3 is 0 Å². The van der Waals surface area contributed by atoms with E-state index in [4.69, 9.17) is 19.9 Å². The molecule has 0 bridgehead atoms. The first-order valence-corrected chi connectivity index (χ1v) is 17.0. The van der Waals surface area contributed by atoms with Crippen molar-refractivity contribution in [2.75, 3.05) is 4.90 Å². The lowest BCUT2D eigenvalue weighted by Crippen LogP contribution is -2.12.